The van der Waals surface area contributed by atoms with Gasteiger partial charge in [0.15, 0.2) is 0 Å². The molecule has 4 aromatic rings. The van der Waals surface area contributed by atoms with Gasteiger partial charge in [0.05, 0.1) is 41.6 Å². The number of thiazole rings is 1. The molecule has 2 N–H and O–H groups in total. The number of anilines is 2. The molecule has 2 heterocycles. The first-order valence-electron chi connectivity index (χ1n) is 9.88. The van der Waals surface area contributed by atoms with Gasteiger partial charge in [-0.1, -0.05) is 23.7 Å². The maximum absolute atomic E-state index is 11.9. The third-order valence-electron chi connectivity index (χ3n) is 5.00. The Hall–Kier alpha value is -3.56. The maximum Gasteiger partial charge on any atom is 0.337 e. The van der Waals surface area contributed by atoms with Crippen LogP contribution < -0.4 is 14.8 Å². The molecule has 0 spiro atoms. The molecule has 0 aliphatic heterocycles. The summed E-state index contributed by atoms with van der Waals surface area (Å²) in [7, 11) is 3.16. The summed E-state index contributed by atoms with van der Waals surface area (Å²) in [6.07, 6.45) is 0. The second-order valence-electron chi connectivity index (χ2n) is 7.10. The number of benzene rings is 2. The molecule has 0 unspecified atom stereocenters. The molecule has 33 heavy (non-hydrogen) atoms. The minimum atomic E-state index is -1.10. The molecule has 0 aliphatic rings. The van der Waals surface area contributed by atoms with Crippen LogP contribution in [0.5, 0.6) is 11.6 Å². The highest BCUT2D eigenvalue weighted by atomic mass is 35.5. The van der Waals surface area contributed by atoms with E-state index >= 15 is 0 Å². The number of carboxylic acids is 1. The van der Waals surface area contributed by atoms with Crippen LogP contribution in [0.4, 0.5) is 11.5 Å². The number of carboxylic acid groups (broad SMARTS) is 1. The van der Waals surface area contributed by atoms with Crippen LogP contribution in [0.2, 0.25) is 5.02 Å². The van der Waals surface area contributed by atoms with Gasteiger partial charge < -0.3 is 19.9 Å². The van der Waals surface area contributed by atoms with Gasteiger partial charge in [-0.3, -0.25) is 0 Å². The summed E-state index contributed by atoms with van der Waals surface area (Å²) in [4.78, 5) is 17.4. The smallest absolute Gasteiger partial charge is 0.337 e. The van der Waals surface area contributed by atoms with Gasteiger partial charge in [-0.05, 0) is 44.2 Å². The van der Waals surface area contributed by atoms with Crippen molar-refractivity contribution in [3.8, 4) is 27.9 Å². The summed E-state index contributed by atoms with van der Waals surface area (Å²) < 4.78 is 12.6. The maximum atomic E-state index is 11.9. The highest BCUT2D eigenvalue weighted by Crippen LogP contribution is 2.41. The number of nitrogens with zero attached hydrogens (tertiary/aromatic N) is 3. The fourth-order valence-electron chi connectivity index (χ4n) is 3.49. The first-order valence-corrected chi connectivity index (χ1v) is 11.1. The van der Waals surface area contributed by atoms with Crippen LogP contribution in [0.25, 0.3) is 16.3 Å². The summed E-state index contributed by atoms with van der Waals surface area (Å²) >= 11 is 7.51. The van der Waals surface area contributed by atoms with E-state index in [1.165, 1.54) is 17.4 Å². The average molecular weight is 485 g/mol. The minimum absolute atomic E-state index is 0.0341. The van der Waals surface area contributed by atoms with Crippen LogP contribution in [-0.2, 0) is 0 Å². The van der Waals surface area contributed by atoms with Crippen LogP contribution in [0.3, 0.4) is 0 Å². The lowest BCUT2D eigenvalue weighted by Gasteiger charge is -2.15. The minimum Gasteiger partial charge on any atom is -0.494 e. The highest BCUT2D eigenvalue weighted by Gasteiger charge is 2.25. The van der Waals surface area contributed by atoms with Gasteiger partial charge in [-0.2, -0.15) is 5.10 Å². The van der Waals surface area contributed by atoms with Crippen LogP contribution in [0.15, 0.2) is 42.5 Å². The Morgan fingerprint density at radius 1 is 1.15 bits per heavy atom. The number of ether oxygens (including phenoxy) is 2. The van der Waals surface area contributed by atoms with Gasteiger partial charge in [-0.25, -0.2) is 14.5 Å². The van der Waals surface area contributed by atoms with Crippen molar-refractivity contribution >= 4 is 40.4 Å². The van der Waals surface area contributed by atoms with Gasteiger partial charge in [0.25, 0.3) is 0 Å². The highest BCUT2D eigenvalue weighted by molar-refractivity contribution is 7.15. The van der Waals surface area contributed by atoms with Crippen molar-refractivity contribution in [2.45, 2.75) is 13.8 Å². The zero-order valence-electron chi connectivity index (χ0n) is 18.3. The number of aromatic nitrogens is 3. The van der Waals surface area contributed by atoms with Crippen LogP contribution in [0, 0.1) is 13.8 Å². The number of aryl methyl sites for hydroxylation is 2. The molecular weight excluding hydrogens is 464 g/mol. The van der Waals surface area contributed by atoms with Crippen molar-refractivity contribution in [3.63, 3.8) is 0 Å². The van der Waals surface area contributed by atoms with Crippen molar-refractivity contribution in [2.75, 3.05) is 19.5 Å². The largest absolute Gasteiger partial charge is 0.494 e. The Balaban J connectivity index is 1.98. The summed E-state index contributed by atoms with van der Waals surface area (Å²) in [5.41, 5.74) is 2.51. The van der Waals surface area contributed by atoms with Crippen molar-refractivity contribution in [1.82, 2.24) is 14.8 Å². The van der Waals surface area contributed by atoms with E-state index in [4.69, 9.17) is 26.2 Å². The van der Waals surface area contributed by atoms with Crippen molar-refractivity contribution < 1.29 is 19.4 Å². The zero-order chi connectivity index (χ0) is 23.7. The topological polar surface area (TPSA) is 98.5 Å². The van der Waals surface area contributed by atoms with E-state index in [0.717, 1.165) is 10.4 Å². The Morgan fingerprint density at radius 3 is 2.58 bits per heavy atom. The van der Waals surface area contributed by atoms with Gasteiger partial charge >= 0.3 is 5.97 Å². The van der Waals surface area contributed by atoms with E-state index in [1.807, 2.05) is 38.1 Å². The molecule has 0 saturated carbocycles. The SMILES string of the molecule is COc1ccccc1-n1nc(C)c(-c2nc(OC)c(C)s2)c1Nc1ccc(Cl)cc1C(=O)O. The lowest BCUT2D eigenvalue weighted by molar-refractivity contribution is 0.0698. The van der Waals surface area contributed by atoms with Crippen molar-refractivity contribution in [1.29, 1.82) is 0 Å². The van der Waals surface area contributed by atoms with E-state index < -0.39 is 5.97 Å². The fraction of sp³-hybridized carbons (Fsp3) is 0.174. The fourth-order valence-corrected chi connectivity index (χ4v) is 4.64. The van der Waals surface area contributed by atoms with E-state index in [1.54, 1.807) is 31.0 Å². The first-order chi connectivity index (χ1) is 15.8. The van der Waals surface area contributed by atoms with Crippen LogP contribution in [-0.4, -0.2) is 40.1 Å². The predicted molar refractivity (Wildman–Crippen MR) is 129 cm³/mol. The Labute approximate surface area is 199 Å². The quantitative estimate of drug-likeness (QED) is 0.346. The number of hydrogen-bond acceptors (Lipinski definition) is 7. The summed E-state index contributed by atoms with van der Waals surface area (Å²) in [5.74, 6) is 0.576. The number of nitrogens with one attached hydrogen (secondary N) is 1. The number of aromatic carboxylic acids is 1. The second kappa shape index (κ2) is 9.13. The molecule has 170 valence electrons. The molecule has 4 rings (SSSR count). The Bertz CT molecular complexity index is 1350. The summed E-state index contributed by atoms with van der Waals surface area (Å²) in [6.45, 7) is 3.80. The molecule has 10 heteroatoms. The standard InChI is InChI=1S/C23H21ClN4O4S/c1-12-19(22-26-21(32-4)13(2)33-22)20(25-16-10-9-14(24)11-15(16)23(29)30)28(27-12)17-7-5-6-8-18(17)31-3/h5-11,25H,1-4H3,(H,29,30). The molecule has 8 nitrogen and oxygen atoms in total. The lowest BCUT2D eigenvalue weighted by Crippen LogP contribution is -2.08. The van der Waals surface area contributed by atoms with Crippen molar-refractivity contribution in [2.24, 2.45) is 0 Å². The molecule has 2 aromatic carbocycles. The van der Waals surface area contributed by atoms with Gasteiger partial charge in [0.1, 0.15) is 22.3 Å². The van der Waals surface area contributed by atoms with E-state index in [0.29, 0.717) is 44.5 Å². The number of methoxy groups -OCH3 is 2. The number of carbonyl (C=O) groups is 1. The molecule has 0 saturated heterocycles. The number of hydrogen-bond donors (Lipinski definition) is 2. The molecule has 0 atom stereocenters. The Kier molecular flexibility index (Phi) is 6.26. The van der Waals surface area contributed by atoms with E-state index in [2.05, 4.69) is 10.3 Å². The molecule has 2 aromatic heterocycles. The number of para-hydroxylation sites is 2. The first kappa shape index (κ1) is 22.6. The Morgan fingerprint density at radius 2 is 1.91 bits per heavy atom. The van der Waals surface area contributed by atoms with E-state index in [-0.39, 0.29) is 5.56 Å². The van der Waals surface area contributed by atoms with Crippen LogP contribution in [0.1, 0.15) is 20.9 Å². The average Bonchev–Trinajstić information content (AvgIpc) is 3.33. The molecule has 0 amide bonds. The molecule has 0 radical (unpaired) electrons. The molecule has 0 aliphatic carbocycles. The van der Waals surface area contributed by atoms with Crippen molar-refractivity contribution in [3.05, 3.63) is 63.6 Å². The second-order valence-corrected chi connectivity index (χ2v) is 8.74. The van der Waals surface area contributed by atoms with E-state index in [9.17, 15) is 9.90 Å². The van der Waals surface area contributed by atoms with Gasteiger partial charge in [-0.15, -0.1) is 11.3 Å². The molecule has 0 bridgehead atoms. The summed E-state index contributed by atoms with van der Waals surface area (Å²) in [5, 5.41) is 18.8. The lowest BCUT2D eigenvalue weighted by atomic mass is 10.1. The number of rotatable bonds is 7. The monoisotopic (exact) mass is 484 g/mol. The number of halogens is 1. The van der Waals surface area contributed by atoms with Gasteiger partial charge in [0.2, 0.25) is 5.88 Å². The summed E-state index contributed by atoms with van der Waals surface area (Å²) in [6, 6.07) is 12.1. The van der Waals surface area contributed by atoms with Crippen LogP contribution >= 0.6 is 22.9 Å². The normalized spacial score (nSPS) is 10.8. The van der Waals surface area contributed by atoms with Gasteiger partial charge in [0, 0.05) is 5.02 Å². The third kappa shape index (κ3) is 4.24. The molecule has 0 fully saturated rings. The zero-order valence-corrected chi connectivity index (χ0v) is 19.9. The third-order valence-corrected chi connectivity index (χ3v) is 6.20. The molecular formula is C23H21ClN4O4S. The predicted octanol–water partition coefficient (Wildman–Crippen LogP) is 5.73.